The fraction of sp³-hybridized carbons (Fsp3) is 0.235. The van der Waals surface area contributed by atoms with Gasteiger partial charge < -0.3 is 5.32 Å². The highest BCUT2D eigenvalue weighted by Gasteiger charge is 2.33. The Balaban J connectivity index is 1.82. The number of nitrogens with one attached hydrogen (secondary N) is 1. The molecule has 1 N–H and O–H groups in total. The molecule has 0 fully saturated rings. The number of carbonyl (C=O) groups excluding carboxylic acids is 1. The van der Waals surface area contributed by atoms with E-state index in [2.05, 4.69) is 5.32 Å². The van der Waals surface area contributed by atoms with Gasteiger partial charge >= 0.3 is 6.18 Å². The Morgan fingerprint density at radius 3 is 2.50 bits per heavy atom. The van der Waals surface area contributed by atoms with E-state index in [4.69, 9.17) is 11.6 Å². The molecule has 128 valence electrons. The Bertz CT molecular complexity index is 692. The van der Waals surface area contributed by atoms with Gasteiger partial charge in [-0.1, -0.05) is 41.9 Å². The van der Waals surface area contributed by atoms with Gasteiger partial charge in [-0.25, -0.2) is 0 Å². The average molecular weight is 374 g/mol. The van der Waals surface area contributed by atoms with Crippen molar-refractivity contribution in [1.82, 2.24) is 0 Å². The fourth-order valence-electron chi connectivity index (χ4n) is 1.97. The highest BCUT2D eigenvalue weighted by atomic mass is 35.5. The third-order valence-electron chi connectivity index (χ3n) is 3.14. The van der Waals surface area contributed by atoms with Crippen molar-refractivity contribution in [2.24, 2.45) is 0 Å². The summed E-state index contributed by atoms with van der Waals surface area (Å²) in [6.07, 6.45) is -4.33. The van der Waals surface area contributed by atoms with Crippen LogP contribution in [0.25, 0.3) is 0 Å². The van der Waals surface area contributed by atoms with Crippen molar-refractivity contribution in [1.29, 1.82) is 0 Å². The van der Waals surface area contributed by atoms with Crippen molar-refractivity contribution in [3.63, 3.8) is 0 Å². The Morgan fingerprint density at radius 1 is 1.12 bits per heavy atom. The zero-order valence-corrected chi connectivity index (χ0v) is 14.1. The summed E-state index contributed by atoms with van der Waals surface area (Å²) >= 11 is 7.14. The molecule has 0 spiro atoms. The summed E-state index contributed by atoms with van der Waals surface area (Å²) in [5, 5.41) is 2.08. The number of rotatable bonds is 6. The second-order valence-electron chi connectivity index (χ2n) is 5.03. The molecule has 0 radical (unpaired) electrons. The molecule has 0 atom stereocenters. The molecule has 0 saturated carbocycles. The van der Waals surface area contributed by atoms with E-state index in [0.717, 1.165) is 23.4 Å². The van der Waals surface area contributed by atoms with E-state index in [1.807, 2.05) is 30.3 Å². The van der Waals surface area contributed by atoms with Gasteiger partial charge in [-0.05, 0) is 23.8 Å². The molecule has 0 unspecified atom stereocenters. The molecule has 0 aliphatic heterocycles. The Hall–Kier alpha value is -1.66. The number of alkyl halides is 3. The summed E-state index contributed by atoms with van der Waals surface area (Å²) in [4.78, 5) is 11.8. The second-order valence-corrected chi connectivity index (χ2v) is 6.54. The van der Waals surface area contributed by atoms with Gasteiger partial charge in [0.25, 0.3) is 0 Å². The van der Waals surface area contributed by atoms with Gasteiger partial charge in [0.2, 0.25) is 5.91 Å². The van der Waals surface area contributed by atoms with E-state index >= 15 is 0 Å². The minimum Gasteiger partial charge on any atom is -0.326 e. The number of thioether (sulfide) groups is 1. The predicted octanol–water partition coefficient (Wildman–Crippen LogP) is 5.62. The SMILES string of the molecule is O=C(CCSCc1ccccc1)Nc1ccc(Cl)c(C(F)(F)F)c1. The highest BCUT2D eigenvalue weighted by molar-refractivity contribution is 7.98. The number of hydrogen-bond donors (Lipinski definition) is 1. The molecular formula is C17H15ClF3NOS. The van der Waals surface area contributed by atoms with Crippen LogP contribution in [0.5, 0.6) is 0 Å². The molecule has 0 aliphatic carbocycles. The van der Waals surface area contributed by atoms with Crippen LogP contribution in [0, 0.1) is 0 Å². The number of amides is 1. The van der Waals surface area contributed by atoms with Crippen molar-refractivity contribution in [3.05, 3.63) is 64.7 Å². The third-order valence-corrected chi connectivity index (χ3v) is 4.50. The van der Waals surface area contributed by atoms with Gasteiger partial charge in [0.15, 0.2) is 0 Å². The summed E-state index contributed by atoms with van der Waals surface area (Å²) in [6.45, 7) is 0. The first-order valence-electron chi connectivity index (χ1n) is 7.14. The van der Waals surface area contributed by atoms with Gasteiger partial charge in [0.1, 0.15) is 0 Å². The summed E-state index contributed by atoms with van der Waals surface area (Å²) in [5.41, 5.74) is 0.292. The van der Waals surface area contributed by atoms with E-state index in [0.29, 0.717) is 5.75 Å². The lowest BCUT2D eigenvalue weighted by molar-refractivity contribution is -0.137. The highest BCUT2D eigenvalue weighted by Crippen LogP contribution is 2.36. The van der Waals surface area contributed by atoms with E-state index < -0.39 is 11.7 Å². The molecule has 2 aromatic carbocycles. The van der Waals surface area contributed by atoms with Gasteiger partial charge in [-0.2, -0.15) is 24.9 Å². The predicted molar refractivity (Wildman–Crippen MR) is 92.3 cm³/mol. The molecule has 24 heavy (non-hydrogen) atoms. The van der Waals surface area contributed by atoms with Crippen LogP contribution < -0.4 is 5.32 Å². The van der Waals surface area contributed by atoms with Crippen LogP contribution in [0.3, 0.4) is 0 Å². The van der Waals surface area contributed by atoms with E-state index in [-0.39, 0.29) is 23.0 Å². The first-order valence-corrected chi connectivity index (χ1v) is 8.68. The topological polar surface area (TPSA) is 29.1 Å². The lowest BCUT2D eigenvalue weighted by Gasteiger charge is -2.11. The molecule has 2 rings (SSSR count). The Kier molecular flexibility index (Phi) is 6.57. The maximum atomic E-state index is 12.8. The van der Waals surface area contributed by atoms with Crippen LogP contribution in [0.15, 0.2) is 48.5 Å². The monoisotopic (exact) mass is 373 g/mol. The Labute approximate surface area is 147 Å². The quantitative estimate of drug-likeness (QED) is 0.666. The number of halogens is 4. The maximum absolute atomic E-state index is 12.8. The van der Waals surface area contributed by atoms with Gasteiger partial charge in [0, 0.05) is 23.6 Å². The number of anilines is 1. The van der Waals surface area contributed by atoms with Gasteiger partial charge in [-0.15, -0.1) is 0 Å². The molecule has 0 bridgehead atoms. The fourth-order valence-corrected chi connectivity index (χ4v) is 3.10. The minimum absolute atomic E-state index is 0.0878. The molecule has 0 aliphatic rings. The van der Waals surface area contributed by atoms with E-state index in [1.54, 1.807) is 11.8 Å². The van der Waals surface area contributed by atoms with Crippen LogP contribution in [-0.2, 0) is 16.7 Å². The molecule has 0 saturated heterocycles. The maximum Gasteiger partial charge on any atom is 0.417 e. The number of carbonyl (C=O) groups is 1. The van der Waals surface area contributed by atoms with Crippen LogP contribution in [-0.4, -0.2) is 11.7 Å². The summed E-state index contributed by atoms with van der Waals surface area (Å²) in [5.74, 6) is 1.04. The van der Waals surface area contributed by atoms with E-state index in [1.165, 1.54) is 6.07 Å². The molecule has 0 aromatic heterocycles. The lowest BCUT2D eigenvalue weighted by Crippen LogP contribution is -2.13. The van der Waals surface area contributed by atoms with Gasteiger partial charge in [-0.3, -0.25) is 4.79 Å². The largest absolute Gasteiger partial charge is 0.417 e. The summed E-state index contributed by atoms with van der Waals surface area (Å²) in [7, 11) is 0. The van der Waals surface area contributed by atoms with Crippen LogP contribution in [0.4, 0.5) is 18.9 Å². The second kappa shape index (κ2) is 8.44. The standard InChI is InChI=1S/C17H15ClF3NOS/c18-15-7-6-13(10-14(15)17(19,20)21)22-16(23)8-9-24-11-12-4-2-1-3-5-12/h1-7,10H,8-9,11H2,(H,22,23). The van der Waals surface area contributed by atoms with Crippen LogP contribution in [0.1, 0.15) is 17.5 Å². The summed E-state index contributed by atoms with van der Waals surface area (Å²) in [6, 6.07) is 13.2. The van der Waals surface area contributed by atoms with Crippen molar-refractivity contribution in [2.75, 3.05) is 11.1 Å². The Morgan fingerprint density at radius 2 is 1.83 bits per heavy atom. The first-order chi connectivity index (χ1) is 11.4. The third kappa shape index (κ3) is 5.76. The zero-order valence-electron chi connectivity index (χ0n) is 12.6. The normalized spacial score (nSPS) is 11.3. The smallest absolute Gasteiger partial charge is 0.326 e. The molecule has 0 heterocycles. The van der Waals surface area contributed by atoms with Gasteiger partial charge in [0.05, 0.1) is 10.6 Å². The first kappa shape index (κ1) is 18.7. The lowest BCUT2D eigenvalue weighted by atomic mass is 10.2. The van der Waals surface area contributed by atoms with Crippen molar-refractivity contribution < 1.29 is 18.0 Å². The molecule has 1 amide bonds. The van der Waals surface area contributed by atoms with Crippen molar-refractivity contribution >= 4 is 35.0 Å². The zero-order chi connectivity index (χ0) is 17.6. The van der Waals surface area contributed by atoms with E-state index in [9.17, 15) is 18.0 Å². The molecular weight excluding hydrogens is 359 g/mol. The van der Waals surface area contributed by atoms with Crippen molar-refractivity contribution in [3.8, 4) is 0 Å². The minimum atomic E-state index is -4.55. The summed E-state index contributed by atoms with van der Waals surface area (Å²) < 4.78 is 38.3. The van der Waals surface area contributed by atoms with Crippen LogP contribution in [0.2, 0.25) is 5.02 Å². The molecule has 7 heteroatoms. The number of benzene rings is 2. The molecule has 2 nitrogen and oxygen atoms in total. The van der Waals surface area contributed by atoms with Crippen molar-refractivity contribution in [2.45, 2.75) is 18.3 Å². The molecule has 2 aromatic rings. The average Bonchev–Trinajstić information content (AvgIpc) is 2.53. The van der Waals surface area contributed by atoms with Crippen LogP contribution >= 0.6 is 23.4 Å². The number of hydrogen-bond acceptors (Lipinski definition) is 2.